The second-order valence-corrected chi connectivity index (χ2v) is 5.30. The van der Waals surface area contributed by atoms with E-state index in [4.69, 9.17) is 4.74 Å². The lowest BCUT2D eigenvalue weighted by Crippen LogP contribution is -2.30. The van der Waals surface area contributed by atoms with Crippen molar-refractivity contribution in [1.82, 2.24) is 0 Å². The van der Waals surface area contributed by atoms with Crippen LogP contribution in [0.2, 0.25) is 0 Å². The van der Waals surface area contributed by atoms with Crippen LogP contribution in [0.4, 0.5) is 17.6 Å². The highest BCUT2D eigenvalue weighted by atomic mass is 19.4. The standard InChI is InChI=1S/C15H16F4O2/c1-21-11-6-7-12(13(16)8-11)14(20)9-2-4-10(5-3-9)15(17,18)19/h6-10H,2-5H2,1H3. The maximum absolute atomic E-state index is 13.8. The predicted molar refractivity (Wildman–Crippen MR) is 68.8 cm³/mol. The van der Waals surface area contributed by atoms with Gasteiger partial charge in [0.05, 0.1) is 18.6 Å². The third kappa shape index (κ3) is 3.54. The van der Waals surface area contributed by atoms with Gasteiger partial charge in [-0.25, -0.2) is 4.39 Å². The summed E-state index contributed by atoms with van der Waals surface area (Å²) >= 11 is 0. The van der Waals surface area contributed by atoms with Crippen molar-refractivity contribution in [1.29, 1.82) is 0 Å². The number of carbonyl (C=O) groups excluding carboxylic acids is 1. The van der Waals surface area contributed by atoms with Crippen LogP contribution < -0.4 is 4.74 Å². The fraction of sp³-hybridized carbons (Fsp3) is 0.533. The molecule has 0 saturated heterocycles. The van der Waals surface area contributed by atoms with Crippen molar-refractivity contribution < 1.29 is 27.1 Å². The molecule has 6 heteroatoms. The normalized spacial score (nSPS) is 22.9. The van der Waals surface area contributed by atoms with Crippen molar-refractivity contribution in [2.45, 2.75) is 31.9 Å². The first kappa shape index (κ1) is 15.8. The van der Waals surface area contributed by atoms with Gasteiger partial charge in [-0.2, -0.15) is 13.2 Å². The highest BCUT2D eigenvalue weighted by Crippen LogP contribution is 2.40. The van der Waals surface area contributed by atoms with Gasteiger partial charge in [-0.05, 0) is 37.8 Å². The number of ketones is 1. The summed E-state index contributed by atoms with van der Waals surface area (Å²) in [5.41, 5.74) is -0.0775. The van der Waals surface area contributed by atoms with Gasteiger partial charge in [-0.1, -0.05) is 0 Å². The minimum atomic E-state index is -4.21. The summed E-state index contributed by atoms with van der Waals surface area (Å²) < 4.78 is 56.4. The first-order valence-corrected chi connectivity index (χ1v) is 6.77. The summed E-state index contributed by atoms with van der Waals surface area (Å²) in [4.78, 5) is 12.2. The number of hydrogen-bond donors (Lipinski definition) is 0. The SMILES string of the molecule is COc1ccc(C(=O)C2CCC(C(F)(F)F)CC2)c(F)c1. The van der Waals surface area contributed by atoms with E-state index in [0.29, 0.717) is 5.75 Å². The van der Waals surface area contributed by atoms with Gasteiger partial charge in [0.2, 0.25) is 0 Å². The second-order valence-electron chi connectivity index (χ2n) is 5.30. The number of benzene rings is 1. The van der Waals surface area contributed by atoms with Crippen molar-refractivity contribution in [2.24, 2.45) is 11.8 Å². The first-order valence-electron chi connectivity index (χ1n) is 6.77. The van der Waals surface area contributed by atoms with Crippen LogP contribution in [0.25, 0.3) is 0 Å². The Balaban J connectivity index is 2.05. The van der Waals surface area contributed by atoms with Crippen LogP contribution in [-0.2, 0) is 0 Å². The van der Waals surface area contributed by atoms with Gasteiger partial charge in [-0.3, -0.25) is 4.79 Å². The highest BCUT2D eigenvalue weighted by Gasteiger charge is 2.42. The van der Waals surface area contributed by atoms with Crippen LogP contribution in [0.1, 0.15) is 36.0 Å². The van der Waals surface area contributed by atoms with E-state index in [1.807, 2.05) is 0 Å². The molecule has 1 aliphatic rings. The van der Waals surface area contributed by atoms with Crippen molar-refractivity contribution in [3.05, 3.63) is 29.6 Å². The van der Waals surface area contributed by atoms with Crippen LogP contribution in [0.15, 0.2) is 18.2 Å². The lowest BCUT2D eigenvalue weighted by atomic mass is 9.78. The molecule has 0 bridgehead atoms. The van der Waals surface area contributed by atoms with Crippen molar-refractivity contribution >= 4 is 5.78 Å². The molecule has 0 aromatic heterocycles. The van der Waals surface area contributed by atoms with Gasteiger partial charge in [0.15, 0.2) is 5.78 Å². The van der Waals surface area contributed by atoms with E-state index in [0.717, 1.165) is 6.07 Å². The molecule has 0 N–H and O–H groups in total. The van der Waals surface area contributed by atoms with Crippen LogP contribution in [0.3, 0.4) is 0 Å². The molecule has 21 heavy (non-hydrogen) atoms. The maximum Gasteiger partial charge on any atom is 0.391 e. The van der Waals surface area contributed by atoms with Crippen LogP contribution in [0.5, 0.6) is 5.75 Å². The highest BCUT2D eigenvalue weighted by molar-refractivity contribution is 5.98. The van der Waals surface area contributed by atoms with Gasteiger partial charge in [-0.15, -0.1) is 0 Å². The molecule has 2 nitrogen and oxygen atoms in total. The third-order valence-corrected chi connectivity index (χ3v) is 4.00. The molecule has 2 rings (SSSR count). The summed E-state index contributed by atoms with van der Waals surface area (Å²) in [7, 11) is 1.38. The molecule has 1 aromatic carbocycles. The van der Waals surface area contributed by atoms with Crippen molar-refractivity contribution in [3.63, 3.8) is 0 Å². The third-order valence-electron chi connectivity index (χ3n) is 4.00. The molecule has 0 spiro atoms. The molecule has 1 saturated carbocycles. The zero-order valence-electron chi connectivity index (χ0n) is 11.5. The number of alkyl halides is 3. The lowest BCUT2D eigenvalue weighted by molar-refractivity contribution is -0.183. The topological polar surface area (TPSA) is 26.3 Å². The molecule has 1 aliphatic carbocycles. The Hall–Kier alpha value is -1.59. The Kier molecular flexibility index (Phi) is 4.54. The molecular formula is C15H16F4O2. The van der Waals surface area contributed by atoms with Crippen molar-refractivity contribution in [3.8, 4) is 5.75 Å². The van der Waals surface area contributed by atoms with Crippen LogP contribution in [0, 0.1) is 17.7 Å². The predicted octanol–water partition coefficient (Wildman–Crippen LogP) is 4.39. The number of hydrogen-bond acceptors (Lipinski definition) is 2. The Bertz CT molecular complexity index is 517. The fourth-order valence-electron chi connectivity index (χ4n) is 2.73. The Morgan fingerprint density at radius 1 is 1.19 bits per heavy atom. The van der Waals surface area contributed by atoms with Crippen molar-refractivity contribution in [2.75, 3.05) is 7.11 Å². The maximum atomic E-state index is 13.8. The van der Waals surface area contributed by atoms with E-state index in [1.54, 1.807) is 0 Å². The van der Waals surface area contributed by atoms with Crippen LogP contribution >= 0.6 is 0 Å². The van der Waals surface area contributed by atoms with Gasteiger partial charge < -0.3 is 4.74 Å². The summed E-state index contributed by atoms with van der Waals surface area (Å²) in [5, 5.41) is 0. The number of rotatable bonds is 3. The average molecular weight is 304 g/mol. The van der Waals surface area contributed by atoms with E-state index >= 15 is 0 Å². The zero-order chi connectivity index (χ0) is 15.6. The molecule has 116 valence electrons. The minimum absolute atomic E-state index is 0.0717. The quantitative estimate of drug-likeness (QED) is 0.611. The minimum Gasteiger partial charge on any atom is -0.497 e. The monoisotopic (exact) mass is 304 g/mol. The lowest BCUT2D eigenvalue weighted by Gasteiger charge is -2.29. The fourth-order valence-corrected chi connectivity index (χ4v) is 2.73. The first-order chi connectivity index (χ1) is 9.82. The van der Waals surface area contributed by atoms with E-state index in [2.05, 4.69) is 0 Å². The Morgan fingerprint density at radius 3 is 2.29 bits per heavy atom. The molecule has 0 amide bonds. The molecular weight excluding hydrogens is 288 g/mol. The summed E-state index contributed by atoms with van der Waals surface area (Å²) in [6.07, 6.45) is -4.06. The second kappa shape index (κ2) is 6.03. The number of halogens is 4. The van der Waals surface area contributed by atoms with Crippen LogP contribution in [-0.4, -0.2) is 19.1 Å². The largest absolute Gasteiger partial charge is 0.497 e. The van der Waals surface area contributed by atoms with E-state index in [9.17, 15) is 22.4 Å². The van der Waals surface area contributed by atoms with Gasteiger partial charge >= 0.3 is 6.18 Å². The molecule has 0 heterocycles. The number of ether oxygens (including phenoxy) is 1. The van der Waals surface area contributed by atoms with Gasteiger partial charge in [0, 0.05) is 12.0 Å². The molecule has 0 aliphatic heterocycles. The van der Waals surface area contributed by atoms with E-state index in [1.165, 1.54) is 19.2 Å². The summed E-state index contributed by atoms with van der Waals surface area (Å²) in [6, 6.07) is 3.90. The summed E-state index contributed by atoms with van der Waals surface area (Å²) in [5.74, 6) is -2.70. The molecule has 0 unspecified atom stereocenters. The Labute approximate surface area is 120 Å². The number of Topliss-reactive ketones (excluding diaryl/α,β-unsaturated/α-hetero) is 1. The molecule has 0 atom stereocenters. The average Bonchev–Trinajstić information content (AvgIpc) is 2.45. The van der Waals surface area contributed by atoms with Gasteiger partial charge in [0.1, 0.15) is 11.6 Å². The molecule has 0 radical (unpaired) electrons. The zero-order valence-corrected chi connectivity index (χ0v) is 11.5. The number of methoxy groups -OCH3 is 1. The van der Waals surface area contributed by atoms with E-state index < -0.39 is 29.6 Å². The number of carbonyl (C=O) groups is 1. The van der Waals surface area contributed by atoms with E-state index in [-0.39, 0.29) is 31.2 Å². The summed E-state index contributed by atoms with van der Waals surface area (Å²) in [6.45, 7) is 0. The molecule has 1 aromatic rings. The molecule has 1 fully saturated rings. The van der Waals surface area contributed by atoms with Gasteiger partial charge in [0.25, 0.3) is 0 Å². The Morgan fingerprint density at radius 2 is 1.81 bits per heavy atom. The smallest absolute Gasteiger partial charge is 0.391 e.